The van der Waals surface area contributed by atoms with Crippen LogP contribution in [0, 0.1) is 13.8 Å². The Labute approximate surface area is 159 Å². The average Bonchev–Trinajstić information content (AvgIpc) is 2.86. The summed E-state index contributed by atoms with van der Waals surface area (Å²) in [5, 5.41) is 3.70. The molecule has 134 valence electrons. The minimum Gasteiger partial charge on any atom is -0.482 e. The molecule has 0 spiro atoms. The molecule has 0 saturated carbocycles. The van der Waals surface area contributed by atoms with Crippen LogP contribution in [0.15, 0.2) is 12.1 Å². The van der Waals surface area contributed by atoms with Crippen molar-refractivity contribution in [1.29, 1.82) is 0 Å². The molecule has 0 unspecified atom stereocenters. The number of carbonyl (C=O) groups is 2. The molecule has 0 saturated heterocycles. The number of anilines is 1. The topological polar surface area (TPSA) is 77.5 Å². The van der Waals surface area contributed by atoms with Crippen molar-refractivity contribution in [3.8, 4) is 5.75 Å². The molecule has 2 aromatic rings. The highest BCUT2D eigenvalue weighted by Gasteiger charge is 2.18. The molecule has 0 aliphatic heterocycles. The molecule has 1 amide bonds. The Kier molecular flexibility index (Phi) is 6.64. The predicted molar refractivity (Wildman–Crippen MR) is 98.1 cm³/mol. The minimum atomic E-state index is -0.460. The van der Waals surface area contributed by atoms with Crippen LogP contribution in [0.1, 0.15) is 27.9 Å². The fraction of sp³-hybridized carbons (Fsp3) is 0.312. The molecule has 0 bridgehead atoms. The van der Waals surface area contributed by atoms with Crippen molar-refractivity contribution in [3.05, 3.63) is 38.3 Å². The molecule has 25 heavy (non-hydrogen) atoms. The molecule has 0 atom stereocenters. The lowest BCUT2D eigenvalue weighted by atomic mass is 10.2. The number of rotatable bonds is 6. The highest BCUT2D eigenvalue weighted by Crippen LogP contribution is 2.31. The Morgan fingerprint density at radius 2 is 2.00 bits per heavy atom. The second-order valence-corrected chi connectivity index (χ2v) is 6.87. The van der Waals surface area contributed by atoms with Gasteiger partial charge in [0.2, 0.25) is 0 Å². The number of aromatic nitrogens is 1. The third-order valence-corrected chi connectivity index (χ3v) is 4.60. The van der Waals surface area contributed by atoms with Crippen molar-refractivity contribution in [3.63, 3.8) is 0 Å². The summed E-state index contributed by atoms with van der Waals surface area (Å²) in [6.07, 6.45) is 0. The first-order chi connectivity index (χ1) is 11.8. The maximum Gasteiger partial charge on any atom is 0.350 e. The van der Waals surface area contributed by atoms with Gasteiger partial charge in [0.25, 0.3) is 5.91 Å². The van der Waals surface area contributed by atoms with Crippen LogP contribution in [0.4, 0.5) is 5.13 Å². The van der Waals surface area contributed by atoms with Gasteiger partial charge in [-0.25, -0.2) is 9.78 Å². The normalized spacial score (nSPS) is 10.4. The molecule has 2 rings (SSSR count). The number of amides is 1. The number of thiazole rings is 1. The van der Waals surface area contributed by atoms with E-state index in [-0.39, 0.29) is 13.2 Å². The number of nitrogens with one attached hydrogen (secondary N) is 1. The average molecular weight is 403 g/mol. The molecule has 1 heterocycles. The number of benzene rings is 1. The van der Waals surface area contributed by atoms with Crippen LogP contribution in [-0.2, 0) is 9.53 Å². The van der Waals surface area contributed by atoms with Gasteiger partial charge in [0.15, 0.2) is 11.7 Å². The Morgan fingerprint density at radius 1 is 1.28 bits per heavy atom. The van der Waals surface area contributed by atoms with Crippen LogP contribution >= 0.6 is 34.5 Å². The molecule has 1 aromatic heterocycles. The monoisotopic (exact) mass is 402 g/mol. The quantitative estimate of drug-likeness (QED) is 0.730. The lowest BCUT2D eigenvalue weighted by Crippen LogP contribution is -2.20. The lowest BCUT2D eigenvalue weighted by Gasteiger charge is -2.10. The van der Waals surface area contributed by atoms with Gasteiger partial charge in [-0.3, -0.25) is 10.1 Å². The van der Waals surface area contributed by atoms with Crippen molar-refractivity contribution in [2.75, 3.05) is 18.5 Å². The SMILES string of the molecule is CCOC(=O)c1sc(NC(=O)COc2c(C)cc(Cl)cc2Cl)nc1C. The number of halogens is 2. The summed E-state index contributed by atoms with van der Waals surface area (Å²) in [4.78, 5) is 28.3. The van der Waals surface area contributed by atoms with E-state index in [1.54, 1.807) is 32.9 Å². The zero-order valence-electron chi connectivity index (χ0n) is 13.8. The van der Waals surface area contributed by atoms with Crippen molar-refractivity contribution >= 4 is 51.5 Å². The second-order valence-electron chi connectivity index (χ2n) is 5.02. The molecule has 0 radical (unpaired) electrons. The third-order valence-electron chi connectivity index (χ3n) is 3.05. The number of carbonyl (C=O) groups excluding carboxylic acids is 2. The summed E-state index contributed by atoms with van der Waals surface area (Å²) in [6, 6.07) is 3.23. The van der Waals surface area contributed by atoms with Crippen LogP contribution in [-0.4, -0.2) is 30.1 Å². The largest absolute Gasteiger partial charge is 0.482 e. The number of hydrogen-bond acceptors (Lipinski definition) is 6. The van der Waals surface area contributed by atoms with Crippen molar-refractivity contribution < 1.29 is 19.1 Å². The van der Waals surface area contributed by atoms with Crippen molar-refractivity contribution in [2.45, 2.75) is 20.8 Å². The summed E-state index contributed by atoms with van der Waals surface area (Å²) < 4.78 is 10.4. The third kappa shape index (κ3) is 5.07. The van der Waals surface area contributed by atoms with Gasteiger partial charge in [-0.15, -0.1) is 0 Å². The number of esters is 1. The second kappa shape index (κ2) is 8.51. The summed E-state index contributed by atoms with van der Waals surface area (Å²) >= 11 is 13.0. The van der Waals surface area contributed by atoms with Gasteiger partial charge in [-0.1, -0.05) is 34.5 Å². The fourth-order valence-electron chi connectivity index (χ4n) is 2.00. The van der Waals surface area contributed by atoms with Gasteiger partial charge >= 0.3 is 5.97 Å². The predicted octanol–water partition coefficient (Wildman–Crippen LogP) is 4.26. The Morgan fingerprint density at radius 3 is 2.64 bits per heavy atom. The first kappa shape index (κ1) is 19.5. The number of ether oxygens (including phenoxy) is 2. The molecule has 0 aliphatic rings. The van der Waals surface area contributed by atoms with Gasteiger partial charge < -0.3 is 9.47 Å². The zero-order valence-corrected chi connectivity index (χ0v) is 16.1. The molecule has 1 aromatic carbocycles. The smallest absolute Gasteiger partial charge is 0.350 e. The number of aryl methyl sites for hydroxylation is 2. The number of nitrogens with zero attached hydrogens (tertiary/aromatic N) is 1. The van der Waals surface area contributed by atoms with Gasteiger partial charge in [0, 0.05) is 5.02 Å². The van der Waals surface area contributed by atoms with E-state index in [0.717, 1.165) is 16.9 Å². The highest BCUT2D eigenvalue weighted by atomic mass is 35.5. The maximum absolute atomic E-state index is 12.0. The van der Waals surface area contributed by atoms with E-state index in [2.05, 4.69) is 10.3 Å². The molecule has 9 heteroatoms. The summed E-state index contributed by atoms with van der Waals surface area (Å²) in [6.45, 7) is 5.19. The Bertz CT molecular complexity index is 784. The fourth-order valence-corrected chi connectivity index (χ4v) is 3.53. The van der Waals surface area contributed by atoms with E-state index < -0.39 is 11.9 Å². The van der Waals surface area contributed by atoms with Crippen LogP contribution in [0.3, 0.4) is 0 Å². The maximum atomic E-state index is 12.0. The van der Waals surface area contributed by atoms with E-state index in [4.69, 9.17) is 32.7 Å². The summed E-state index contributed by atoms with van der Waals surface area (Å²) in [5.41, 5.74) is 1.22. The zero-order chi connectivity index (χ0) is 18.6. The summed E-state index contributed by atoms with van der Waals surface area (Å²) in [7, 11) is 0. The summed E-state index contributed by atoms with van der Waals surface area (Å²) in [5.74, 6) is -0.490. The van der Waals surface area contributed by atoms with E-state index >= 15 is 0 Å². The Balaban J connectivity index is 1.99. The van der Waals surface area contributed by atoms with E-state index in [0.29, 0.717) is 31.5 Å². The van der Waals surface area contributed by atoms with E-state index in [1.807, 2.05) is 0 Å². The molecular weight excluding hydrogens is 387 g/mol. The van der Waals surface area contributed by atoms with E-state index in [1.165, 1.54) is 0 Å². The molecule has 0 aliphatic carbocycles. The van der Waals surface area contributed by atoms with Gasteiger partial charge in [-0.2, -0.15) is 0 Å². The van der Waals surface area contributed by atoms with Crippen molar-refractivity contribution in [2.24, 2.45) is 0 Å². The number of hydrogen-bond donors (Lipinski definition) is 1. The molecule has 1 N–H and O–H groups in total. The first-order valence-electron chi connectivity index (χ1n) is 7.34. The van der Waals surface area contributed by atoms with Gasteiger partial charge in [0.1, 0.15) is 10.6 Å². The lowest BCUT2D eigenvalue weighted by molar-refractivity contribution is -0.118. The van der Waals surface area contributed by atoms with Crippen LogP contribution in [0.2, 0.25) is 10.0 Å². The highest BCUT2D eigenvalue weighted by molar-refractivity contribution is 7.17. The standard InChI is InChI=1S/C16H16Cl2N2O4S/c1-4-23-15(22)14-9(3)19-16(25-14)20-12(21)7-24-13-8(2)5-10(17)6-11(13)18/h5-6H,4,7H2,1-3H3,(H,19,20,21). The van der Waals surface area contributed by atoms with Crippen LogP contribution in [0.5, 0.6) is 5.75 Å². The van der Waals surface area contributed by atoms with Crippen LogP contribution < -0.4 is 10.1 Å². The van der Waals surface area contributed by atoms with Crippen LogP contribution in [0.25, 0.3) is 0 Å². The first-order valence-corrected chi connectivity index (χ1v) is 8.92. The van der Waals surface area contributed by atoms with Gasteiger partial charge in [0.05, 0.1) is 17.3 Å². The van der Waals surface area contributed by atoms with Crippen molar-refractivity contribution in [1.82, 2.24) is 4.98 Å². The van der Waals surface area contributed by atoms with E-state index in [9.17, 15) is 9.59 Å². The molecular formula is C16H16Cl2N2O4S. The molecule has 0 fully saturated rings. The van der Waals surface area contributed by atoms with Gasteiger partial charge in [-0.05, 0) is 38.5 Å². The Hall–Kier alpha value is -1.83. The molecule has 6 nitrogen and oxygen atoms in total. The minimum absolute atomic E-state index is 0.254.